The second-order valence-electron chi connectivity index (χ2n) is 7.77. The first-order valence-corrected chi connectivity index (χ1v) is 10.3. The van der Waals surface area contributed by atoms with Crippen LogP contribution >= 0.6 is 12.6 Å². The van der Waals surface area contributed by atoms with E-state index in [1.807, 2.05) is 0 Å². The fraction of sp³-hybridized carbons (Fsp3) is 0.500. The summed E-state index contributed by atoms with van der Waals surface area (Å²) in [5.74, 6) is -4.07. The Kier molecular flexibility index (Phi) is 9.79. The van der Waals surface area contributed by atoms with Gasteiger partial charge in [0.1, 0.15) is 30.1 Å². The summed E-state index contributed by atoms with van der Waals surface area (Å²) in [6, 6.07) is 0.444. The lowest BCUT2D eigenvalue weighted by atomic mass is 9.90. The standard InChI is InChI=1S/C20H29N3O8S/c1-10-6-15(25)11(7-14(10)24)20(2,3)23-12(19(30)31)4-5-16(26)22-13(9-32)18(29)21-8-17(27)28/h6-7,12-13,23-25,32H,4-5,8-9H2,1-3H3,(H,21,29)(H,22,26)(H,27,28)(H,30,31)/t12-,13-/m0/s1. The number of phenols is 2. The number of nitrogens with one attached hydrogen (secondary N) is 3. The molecule has 7 N–H and O–H groups in total. The molecular weight excluding hydrogens is 442 g/mol. The van der Waals surface area contributed by atoms with Crippen LogP contribution in [0.2, 0.25) is 0 Å². The van der Waals surface area contributed by atoms with Gasteiger partial charge in [-0.3, -0.25) is 24.5 Å². The second-order valence-corrected chi connectivity index (χ2v) is 8.13. The van der Waals surface area contributed by atoms with Crippen molar-refractivity contribution in [3.05, 3.63) is 23.3 Å². The van der Waals surface area contributed by atoms with Crippen LogP contribution in [-0.4, -0.2) is 68.6 Å². The third kappa shape index (κ3) is 7.93. The average Bonchev–Trinajstić information content (AvgIpc) is 2.69. The Bertz CT molecular complexity index is 875. The highest BCUT2D eigenvalue weighted by Crippen LogP contribution is 2.34. The number of carboxylic acid groups (broad SMARTS) is 2. The van der Waals surface area contributed by atoms with E-state index in [4.69, 9.17) is 5.11 Å². The van der Waals surface area contributed by atoms with Gasteiger partial charge in [-0.25, -0.2) is 0 Å². The number of thiol groups is 1. The van der Waals surface area contributed by atoms with Gasteiger partial charge in [-0.2, -0.15) is 12.6 Å². The molecule has 1 aromatic rings. The highest BCUT2D eigenvalue weighted by atomic mass is 32.1. The molecule has 0 fully saturated rings. The minimum absolute atomic E-state index is 0.0575. The first-order valence-electron chi connectivity index (χ1n) is 9.71. The Balaban J connectivity index is 2.80. The van der Waals surface area contributed by atoms with Gasteiger partial charge >= 0.3 is 11.9 Å². The number of hydrogen-bond acceptors (Lipinski definition) is 8. The number of rotatable bonds is 12. The molecule has 178 valence electrons. The molecule has 12 heteroatoms. The van der Waals surface area contributed by atoms with E-state index in [9.17, 15) is 34.5 Å². The van der Waals surface area contributed by atoms with E-state index in [2.05, 4.69) is 28.6 Å². The molecule has 0 aliphatic carbocycles. The highest BCUT2D eigenvalue weighted by molar-refractivity contribution is 7.80. The lowest BCUT2D eigenvalue weighted by molar-refractivity contribution is -0.140. The van der Waals surface area contributed by atoms with Gasteiger partial charge < -0.3 is 31.1 Å². The van der Waals surface area contributed by atoms with Crippen LogP contribution in [0.3, 0.4) is 0 Å². The molecule has 2 atom stereocenters. The van der Waals surface area contributed by atoms with E-state index < -0.39 is 47.9 Å². The molecule has 0 bridgehead atoms. The summed E-state index contributed by atoms with van der Waals surface area (Å²) < 4.78 is 0. The first kappa shape index (κ1) is 27.0. The van der Waals surface area contributed by atoms with Crippen LogP contribution in [0.4, 0.5) is 0 Å². The first-order chi connectivity index (χ1) is 14.8. The SMILES string of the molecule is Cc1cc(O)c(C(C)(C)N[C@@H](CCC(=O)N[C@@H](CS)C(=O)NCC(=O)O)C(=O)O)cc1O. The average molecular weight is 472 g/mol. The summed E-state index contributed by atoms with van der Waals surface area (Å²) in [5, 5.41) is 45.7. The summed E-state index contributed by atoms with van der Waals surface area (Å²) in [5.41, 5.74) is -0.333. The molecule has 0 radical (unpaired) electrons. The lowest BCUT2D eigenvalue weighted by Gasteiger charge is -2.31. The van der Waals surface area contributed by atoms with Crippen molar-refractivity contribution in [1.29, 1.82) is 0 Å². The highest BCUT2D eigenvalue weighted by Gasteiger charge is 2.31. The van der Waals surface area contributed by atoms with E-state index in [-0.39, 0.29) is 35.7 Å². The van der Waals surface area contributed by atoms with Gasteiger partial charge in [-0.05, 0) is 44.9 Å². The molecule has 0 aliphatic rings. The predicted octanol–water partition coefficient (Wildman–Crippen LogP) is 0.0797. The fourth-order valence-corrected chi connectivity index (χ4v) is 3.23. The quantitative estimate of drug-likeness (QED) is 0.154. The molecule has 11 nitrogen and oxygen atoms in total. The van der Waals surface area contributed by atoms with Crippen molar-refractivity contribution in [2.24, 2.45) is 0 Å². The lowest BCUT2D eigenvalue weighted by Crippen LogP contribution is -2.50. The Morgan fingerprint density at radius 2 is 1.69 bits per heavy atom. The molecule has 32 heavy (non-hydrogen) atoms. The molecule has 0 heterocycles. The van der Waals surface area contributed by atoms with E-state index in [1.165, 1.54) is 12.1 Å². The minimum atomic E-state index is -1.24. The maximum Gasteiger partial charge on any atom is 0.322 e. The normalized spacial score (nSPS) is 13.1. The van der Waals surface area contributed by atoms with Crippen LogP contribution in [0, 0.1) is 6.92 Å². The number of amides is 2. The van der Waals surface area contributed by atoms with Gasteiger partial charge in [-0.15, -0.1) is 0 Å². The summed E-state index contributed by atoms with van der Waals surface area (Å²) >= 11 is 3.96. The number of hydrogen-bond donors (Lipinski definition) is 8. The summed E-state index contributed by atoms with van der Waals surface area (Å²) in [6.07, 6.45) is -0.388. The molecule has 0 aromatic heterocycles. The molecule has 1 rings (SSSR count). The number of aryl methyl sites for hydroxylation is 1. The Morgan fingerprint density at radius 3 is 2.22 bits per heavy atom. The van der Waals surface area contributed by atoms with Gasteiger partial charge in [0, 0.05) is 23.3 Å². The molecule has 0 saturated heterocycles. The number of carbonyl (C=O) groups is 4. The smallest absolute Gasteiger partial charge is 0.322 e. The van der Waals surface area contributed by atoms with Crippen molar-refractivity contribution in [1.82, 2.24) is 16.0 Å². The largest absolute Gasteiger partial charge is 0.508 e. The molecule has 0 saturated carbocycles. The van der Waals surface area contributed by atoms with E-state index in [0.717, 1.165) is 0 Å². The summed E-state index contributed by atoms with van der Waals surface area (Å²) in [7, 11) is 0. The van der Waals surface area contributed by atoms with Crippen molar-refractivity contribution < 1.29 is 39.6 Å². The summed E-state index contributed by atoms with van der Waals surface area (Å²) in [6.45, 7) is 4.24. The van der Waals surface area contributed by atoms with Crippen molar-refractivity contribution in [2.75, 3.05) is 12.3 Å². The summed E-state index contributed by atoms with van der Waals surface area (Å²) in [4.78, 5) is 46.4. The van der Waals surface area contributed by atoms with Crippen LogP contribution < -0.4 is 16.0 Å². The number of aliphatic carboxylic acids is 2. The Labute approximate surface area is 190 Å². The second kappa shape index (κ2) is 11.6. The van der Waals surface area contributed by atoms with Crippen molar-refractivity contribution >= 4 is 36.4 Å². The maximum atomic E-state index is 12.2. The van der Waals surface area contributed by atoms with Crippen molar-refractivity contribution in [3.63, 3.8) is 0 Å². The van der Waals surface area contributed by atoms with Crippen LogP contribution in [0.25, 0.3) is 0 Å². The van der Waals surface area contributed by atoms with Gasteiger partial charge in [0.05, 0.1) is 0 Å². The zero-order chi connectivity index (χ0) is 24.6. The van der Waals surface area contributed by atoms with E-state index >= 15 is 0 Å². The van der Waals surface area contributed by atoms with Crippen LogP contribution in [-0.2, 0) is 24.7 Å². The van der Waals surface area contributed by atoms with Crippen molar-refractivity contribution in [2.45, 2.75) is 51.2 Å². The fourth-order valence-electron chi connectivity index (χ4n) is 2.97. The molecule has 0 unspecified atom stereocenters. The Morgan fingerprint density at radius 1 is 1.06 bits per heavy atom. The monoisotopic (exact) mass is 471 g/mol. The van der Waals surface area contributed by atoms with Gasteiger partial charge in [-0.1, -0.05) is 0 Å². The van der Waals surface area contributed by atoms with Gasteiger partial charge in [0.2, 0.25) is 11.8 Å². The van der Waals surface area contributed by atoms with Crippen LogP contribution in [0.5, 0.6) is 11.5 Å². The Hall–Kier alpha value is -2.99. The molecule has 2 amide bonds. The van der Waals surface area contributed by atoms with Gasteiger partial charge in [0.15, 0.2) is 0 Å². The minimum Gasteiger partial charge on any atom is -0.508 e. The van der Waals surface area contributed by atoms with Crippen molar-refractivity contribution in [3.8, 4) is 11.5 Å². The molecule has 0 aliphatic heterocycles. The van der Waals surface area contributed by atoms with E-state index in [0.29, 0.717) is 5.56 Å². The van der Waals surface area contributed by atoms with Crippen LogP contribution in [0.15, 0.2) is 12.1 Å². The van der Waals surface area contributed by atoms with Gasteiger partial charge in [0.25, 0.3) is 0 Å². The zero-order valence-electron chi connectivity index (χ0n) is 18.0. The topological polar surface area (TPSA) is 185 Å². The number of benzene rings is 1. The number of carbonyl (C=O) groups excluding carboxylic acids is 2. The number of carboxylic acids is 2. The maximum absolute atomic E-state index is 12.2. The molecule has 0 spiro atoms. The third-order valence-corrected chi connectivity index (χ3v) is 5.09. The molecule has 1 aromatic carbocycles. The van der Waals surface area contributed by atoms with E-state index in [1.54, 1.807) is 20.8 Å². The third-order valence-electron chi connectivity index (χ3n) is 4.73. The zero-order valence-corrected chi connectivity index (χ0v) is 18.9. The van der Waals surface area contributed by atoms with Crippen LogP contribution in [0.1, 0.15) is 37.8 Å². The number of phenolic OH excluding ortho intramolecular Hbond substituents is 2. The molecular formula is C20H29N3O8S. The predicted molar refractivity (Wildman–Crippen MR) is 118 cm³/mol. The number of aromatic hydroxyl groups is 2.